The number of rotatable bonds is 11. The van der Waals surface area contributed by atoms with Gasteiger partial charge < -0.3 is 29.9 Å². The zero-order valence-corrected chi connectivity index (χ0v) is 40.5. The van der Waals surface area contributed by atoms with Crippen LogP contribution in [0.15, 0.2) is 109 Å². The van der Waals surface area contributed by atoms with Crippen LogP contribution in [0.4, 0.5) is 19.0 Å². The molecule has 2 fully saturated rings. The van der Waals surface area contributed by atoms with E-state index in [0.717, 1.165) is 30.5 Å². The van der Waals surface area contributed by atoms with Crippen LogP contribution in [0, 0.1) is 48.7 Å². The monoisotopic (exact) mass is 1140 g/mol. The number of carboxylic acid groups (broad SMARTS) is 2. The van der Waals surface area contributed by atoms with E-state index in [1.165, 1.54) is 26.5 Å². The second-order valence-corrected chi connectivity index (χ2v) is 15.3. The Kier molecular flexibility index (Phi) is 19.0. The maximum atomic E-state index is 15.4. The molecule has 330 valence electrons. The summed E-state index contributed by atoms with van der Waals surface area (Å²) in [5.41, 5.74) is 4.52. The number of hydrogen-bond donors (Lipinski definition) is 3. The van der Waals surface area contributed by atoms with Crippen LogP contribution in [0.3, 0.4) is 0 Å². The van der Waals surface area contributed by atoms with Gasteiger partial charge in [-0.3, -0.25) is 4.79 Å². The Balaban J connectivity index is 0.000000236. The number of methoxy groups -OCH3 is 2. The van der Waals surface area contributed by atoms with Gasteiger partial charge in [0.2, 0.25) is 5.95 Å². The van der Waals surface area contributed by atoms with Crippen molar-refractivity contribution in [2.24, 2.45) is 0 Å². The van der Waals surface area contributed by atoms with Gasteiger partial charge in [0.05, 0.1) is 25.3 Å². The first-order valence-corrected chi connectivity index (χ1v) is 20.4. The van der Waals surface area contributed by atoms with Crippen molar-refractivity contribution in [3.63, 3.8) is 0 Å². The van der Waals surface area contributed by atoms with Crippen molar-refractivity contribution in [3.8, 4) is 33.8 Å². The molecule has 0 amide bonds. The van der Waals surface area contributed by atoms with E-state index in [-0.39, 0.29) is 48.8 Å². The predicted molar refractivity (Wildman–Crippen MR) is 240 cm³/mol. The second-order valence-electron chi connectivity index (χ2n) is 14.4. The second kappa shape index (κ2) is 24.3. The molecule has 2 aromatic heterocycles. The molecule has 2 saturated heterocycles. The van der Waals surface area contributed by atoms with Gasteiger partial charge >= 0.3 is 11.9 Å². The fraction of sp³-hybridized carbons (Fsp3) is 0.234. The van der Waals surface area contributed by atoms with Crippen molar-refractivity contribution in [1.82, 2.24) is 15.3 Å². The Morgan fingerprint density at radius 2 is 1.30 bits per heavy atom. The van der Waals surface area contributed by atoms with Gasteiger partial charge in [-0.05, 0) is 109 Å². The molecule has 8 rings (SSSR count). The first kappa shape index (κ1) is 50.0. The van der Waals surface area contributed by atoms with Gasteiger partial charge in [0, 0.05) is 81.3 Å². The molecule has 3 N–H and O–H groups in total. The SMILES string of the molecule is COc1ccc(Cc2ccc(F)nc2)c(F)c1-c1cccc(Cl)c1.COc1ccc(Cc2ccc(N3CC[C@H]3C(=O)O)nc2)c(F)c1-c1cccc(Cl)c1.O=C(O)[C@H]1CCCN1.[2H][B].[U]. The number of carbonyl (C=O) groups is 2. The molecule has 2 aliphatic heterocycles. The molecule has 4 heterocycles. The Bertz CT molecular complexity index is 2530. The molecule has 10 nitrogen and oxygen atoms in total. The largest absolute Gasteiger partial charge is 0.496 e. The van der Waals surface area contributed by atoms with Gasteiger partial charge in [-0.2, -0.15) is 4.39 Å². The third-order valence-electron chi connectivity index (χ3n) is 10.4. The number of anilines is 1. The fourth-order valence-corrected chi connectivity index (χ4v) is 7.48. The average Bonchev–Trinajstić information content (AvgIpc) is 3.83. The van der Waals surface area contributed by atoms with Gasteiger partial charge in [0.15, 0.2) is 0 Å². The van der Waals surface area contributed by atoms with E-state index in [2.05, 4.69) is 23.7 Å². The quantitative estimate of drug-likeness (QED) is 0.0852. The molecule has 0 bridgehead atoms. The summed E-state index contributed by atoms with van der Waals surface area (Å²) in [4.78, 5) is 31.1. The van der Waals surface area contributed by atoms with E-state index in [1.807, 2.05) is 6.07 Å². The number of carboxylic acids is 2. The normalized spacial score (nSPS) is 14.9. The van der Waals surface area contributed by atoms with E-state index < -0.39 is 23.9 Å². The number of hydrogen-bond acceptors (Lipinski definition) is 8. The third kappa shape index (κ3) is 13.0. The first-order chi connectivity index (χ1) is 30.9. The number of aliphatic carboxylic acids is 2. The average molecular weight is 1140 g/mol. The molecular weight excluding hydrogens is 1090 g/mol. The van der Waals surface area contributed by atoms with Gasteiger partial charge in [-0.15, -0.1) is 0 Å². The van der Waals surface area contributed by atoms with Gasteiger partial charge in [-0.25, -0.2) is 23.5 Å². The molecule has 64 heavy (non-hydrogen) atoms. The molecule has 4 aromatic carbocycles. The summed E-state index contributed by atoms with van der Waals surface area (Å²) in [6, 6.07) is 26.4. The number of nitrogens with zero attached hydrogens (tertiary/aromatic N) is 3. The summed E-state index contributed by atoms with van der Waals surface area (Å²) in [5.74, 6) is -1.40. The molecule has 0 spiro atoms. The molecule has 2 atom stereocenters. The van der Waals surface area contributed by atoms with Crippen LogP contribution in [0.25, 0.3) is 22.3 Å². The number of ether oxygens (including phenoxy) is 2. The van der Waals surface area contributed by atoms with Crippen molar-refractivity contribution in [3.05, 3.63) is 159 Å². The summed E-state index contributed by atoms with van der Waals surface area (Å²) < 4.78 is 59.3. The van der Waals surface area contributed by atoms with Crippen LogP contribution < -0.4 is 19.7 Å². The molecular formula is C47H44BCl2F3N4O6U. The maximum absolute atomic E-state index is 15.4. The zero-order valence-electron chi connectivity index (χ0n) is 35.8. The molecule has 2 radical (unpaired) electrons. The van der Waals surface area contributed by atoms with Crippen LogP contribution in [0.1, 0.15) is 41.5 Å². The van der Waals surface area contributed by atoms with E-state index in [1.54, 1.807) is 96.0 Å². The smallest absolute Gasteiger partial charge is 0.326 e. The van der Waals surface area contributed by atoms with Gasteiger partial charge in [-0.1, -0.05) is 71.7 Å². The fourth-order valence-electron chi connectivity index (χ4n) is 7.10. The topological polar surface area (TPSA) is 134 Å². The minimum Gasteiger partial charge on any atom is -0.496 e. The predicted octanol–water partition coefficient (Wildman–Crippen LogP) is 9.26. The number of nitrogens with one attached hydrogen (secondary N) is 1. The summed E-state index contributed by atoms with van der Waals surface area (Å²) >= 11 is 12.1. The van der Waals surface area contributed by atoms with E-state index >= 15 is 8.78 Å². The number of aromatic nitrogens is 2. The zero-order chi connectivity index (χ0) is 46.3. The van der Waals surface area contributed by atoms with Crippen LogP contribution >= 0.6 is 23.2 Å². The molecule has 17 heteroatoms. The summed E-state index contributed by atoms with van der Waals surface area (Å²) in [5, 5.41) is 21.4. The van der Waals surface area contributed by atoms with Crippen molar-refractivity contribution < 1.29 is 73.6 Å². The van der Waals surface area contributed by atoms with Crippen LogP contribution in [-0.4, -0.2) is 81.2 Å². The van der Waals surface area contributed by atoms with Crippen LogP contribution in [0.2, 0.25) is 10.0 Å². The number of pyridine rings is 2. The van der Waals surface area contributed by atoms with Crippen molar-refractivity contribution in [2.45, 2.75) is 44.2 Å². The van der Waals surface area contributed by atoms with Gasteiger partial charge in [0.1, 0.15) is 41.0 Å². The van der Waals surface area contributed by atoms with E-state index in [9.17, 15) is 19.1 Å². The van der Waals surface area contributed by atoms with Crippen molar-refractivity contribution in [2.75, 3.05) is 32.2 Å². The minimum atomic E-state index is -0.846. The standard InChI is InChI=1S/C23H20ClFN2O3.C19H14ClF2NO.C5H9NO2.BH.U/c1-30-19-7-6-16(22(25)21(19)15-3-2-4-17(24)12-15)11-14-5-8-20(26-13-14)27-10-9-18(27)23(28)29;1-24-16-7-6-14(9-12-5-8-17(21)23-11-12)19(22)18(16)13-3-2-4-15(20)10-13;7-5(8)4-2-1-3-6-4;;/h2-8,12-13,18H,9-11H2,1H3,(H,28,29);2-8,10-11H,9H2,1H3;4,6H,1-3H2,(H,7,8);1H;/t18-;;4-;;/m0.1../s1/i;;;1D;. The molecule has 0 saturated carbocycles. The summed E-state index contributed by atoms with van der Waals surface area (Å²) in [7, 11) is 6.75. The van der Waals surface area contributed by atoms with Crippen LogP contribution in [0.5, 0.6) is 11.5 Å². The molecule has 2 aliphatic rings. The van der Waals surface area contributed by atoms with Crippen molar-refractivity contribution >= 4 is 49.3 Å². The molecule has 6 aromatic rings. The molecule has 0 aliphatic carbocycles. The van der Waals surface area contributed by atoms with E-state index in [4.69, 9.17) is 39.1 Å². The Hall–Kier alpha value is -5.03. The summed E-state index contributed by atoms with van der Waals surface area (Å²) in [6.45, 7) is 1.52. The Labute approximate surface area is 406 Å². The van der Waals surface area contributed by atoms with Crippen molar-refractivity contribution in [1.29, 1.82) is 1.34 Å². The number of halogens is 5. The Morgan fingerprint density at radius 3 is 1.66 bits per heavy atom. The third-order valence-corrected chi connectivity index (χ3v) is 10.8. The van der Waals surface area contributed by atoms with Gasteiger partial charge in [0.25, 0.3) is 0 Å². The van der Waals surface area contributed by atoms with Crippen LogP contribution in [-0.2, 0) is 22.4 Å². The van der Waals surface area contributed by atoms with E-state index in [0.29, 0.717) is 86.6 Å². The Morgan fingerprint density at radius 1 is 0.766 bits per heavy atom. The minimum absolute atomic E-state index is 0. The maximum Gasteiger partial charge on any atom is 0.326 e. The number of benzene rings is 4. The first-order valence-electron chi connectivity index (χ1n) is 20.2. The summed E-state index contributed by atoms with van der Waals surface area (Å²) in [6.07, 6.45) is 6.11. The molecule has 0 unspecified atom stereocenters.